The second-order valence-corrected chi connectivity index (χ2v) is 7.16. The first-order chi connectivity index (χ1) is 11.4. The average Bonchev–Trinajstić information content (AvgIpc) is 2.60. The fourth-order valence-electron chi connectivity index (χ4n) is 2.31. The largest absolute Gasteiger partial charge is 0.323 e. The zero-order valence-electron chi connectivity index (χ0n) is 13.2. The summed E-state index contributed by atoms with van der Waals surface area (Å²) in [5.74, 6) is 0. The van der Waals surface area contributed by atoms with Gasteiger partial charge in [-0.2, -0.15) is 4.31 Å². The van der Waals surface area contributed by atoms with Gasteiger partial charge in [-0.15, -0.1) is 0 Å². The molecule has 24 heavy (non-hydrogen) atoms. The molecule has 0 saturated carbocycles. The molecule has 0 bridgehead atoms. The number of hydrogen-bond donors (Lipinski definition) is 1. The Kier molecular flexibility index (Phi) is 5.66. The van der Waals surface area contributed by atoms with E-state index in [2.05, 4.69) is 0 Å². The van der Waals surface area contributed by atoms with Crippen molar-refractivity contribution in [3.05, 3.63) is 70.3 Å². The number of benzene rings is 2. The molecule has 0 heterocycles. The molecule has 0 spiro atoms. The van der Waals surface area contributed by atoms with Crippen LogP contribution in [0.25, 0.3) is 0 Å². The molecule has 7 nitrogen and oxygen atoms in total. The number of nitro benzene ring substituents is 1. The Balaban J connectivity index is 2.23. The maximum atomic E-state index is 12.7. The minimum absolute atomic E-state index is 0.00946. The van der Waals surface area contributed by atoms with Crippen LogP contribution in [0.3, 0.4) is 0 Å². The number of nitrogens with zero attached hydrogens (tertiary/aromatic N) is 2. The van der Waals surface area contributed by atoms with E-state index in [0.29, 0.717) is 0 Å². The molecule has 2 rings (SSSR count). The number of sulfonamides is 1. The molecule has 2 aromatic rings. The van der Waals surface area contributed by atoms with Crippen LogP contribution in [0.1, 0.15) is 18.5 Å². The Morgan fingerprint density at radius 2 is 1.71 bits per heavy atom. The number of nitrogens with two attached hydrogens (primary N) is 1. The first-order valence-corrected chi connectivity index (χ1v) is 8.85. The van der Waals surface area contributed by atoms with Gasteiger partial charge in [0.05, 0.1) is 9.82 Å². The van der Waals surface area contributed by atoms with Gasteiger partial charge in [-0.3, -0.25) is 10.1 Å². The molecule has 8 heteroatoms. The van der Waals surface area contributed by atoms with Gasteiger partial charge in [0.2, 0.25) is 10.0 Å². The van der Waals surface area contributed by atoms with Crippen LogP contribution in [-0.4, -0.2) is 30.7 Å². The molecule has 0 amide bonds. The zero-order valence-corrected chi connectivity index (χ0v) is 14.0. The van der Waals surface area contributed by atoms with Gasteiger partial charge in [-0.1, -0.05) is 37.3 Å². The molecule has 0 aliphatic carbocycles. The van der Waals surface area contributed by atoms with Gasteiger partial charge >= 0.3 is 0 Å². The van der Waals surface area contributed by atoms with E-state index in [4.69, 9.17) is 5.73 Å². The molecule has 0 fully saturated rings. The van der Waals surface area contributed by atoms with Crippen LogP contribution in [0, 0.1) is 10.1 Å². The second-order valence-electron chi connectivity index (χ2n) is 5.22. The third-order valence-corrected chi connectivity index (χ3v) is 5.62. The molecule has 0 aliphatic rings. The molecule has 2 aromatic carbocycles. The highest BCUT2D eigenvalue weighted by atomic mass is 32.2. The summed E-state index contributed by atoms with van der Waals surface area (Å²) < 4.78 is 26.7. The van der Waals surface area contributed by atoms with Gasteiger partial charge in [0, 0.05) is 31.3 Å². The highest BCUT2D eigenvalue weighted by molar-refractivity contribution is 7.89. The zero-order chi connectivity index (χ0) is 17.7. The monoisotopic (exact) mass is 349 g/mol. The standard InChI is InChI=1S/C16H19N3O4S/c1-2-18(12-16(17)13-6-4-3-5-7-13)24(22,23)15-10-8-14(9-11-15)19(20)21/h3-11,16H,2,12,17H2,1H3/t16-/m0/s1. The van der Waals surface area contributed by atoms with E-state index in [9.17, 15) is 18.5 Å². The molecule has 0 unspecified atom stereocenters. The van der Waals surface area contributed by atoms with Gasteiger partial charge in [0.15, 0.2) is 0 Å². The van der Waals surface area contributed by atoms with Crippen molar-refractivity contribution in [1.82, 2.24) is 4.31 Å². The van der Waals surface area contributed by atoms with E-state index >= 15 is 0 Å². The van der Waals surface area contributed by atoms with Crippen LogP contribution < -0.4 is 5.73 Å². The van der Waals surface area contributed by atoms with Gasteiger partial charge in [0.1, 0.15) is 0 Å². The third-order valence-electron chi connectivity index (χ3n) is 3.67. The van der Waals surface area contributed by atoms with Crippen molar-refractivity contribution in [1.29, 1.82) is 0 Å². The Bertz CT molecular complexity index is 792. The summed E-state index contributed by atoms with van der Waals surface area (Å²) in [5.41, 5.74) is 6.80. The van der Waals surface area contributed by atoms with Crippen LogP contribution in [0.15, 0.2) is 59.5 Å². The van der Waals surface area contributed by atoms with Crippen molar-refractivity contribution in [2.24, 2.45) is 5.73 Å². The molecule has 0 saturated heterocycles. The van der Waals surface area contributed by atoms with Crippen molar-refractivity contribution in [3.63, 3.8) is 0 Å². The quantitative estimate of drug-likeness (QED) is 0.610. The lowest BCUT2D eigenvalue weighted by Gasteiger charge is -2.24. The van der Waals surface area contributed by atoms with Gasteiger partial charge in [-0.05, 0) is 17.7 Å². The van der Waals surface area contributed by atoms with Crippen molar-refractivity contribution >= 4 is 15.7 Å². The van der Waals surface area contributed by atoms with Crippen LogP contribution in [0.5, 0.6) is 0 Å². The van der Waals surface area contributed by atoms with Crippen LogP contribution in [-0.2, 0) is 10.0 Å². The first-order valence-electron chi connectivity index (χ1n) is 7.41. The summed E-state index contributed by atoms with van der Waals surface area (Å²) in [6.45, 7) is 2.10. The highest BCUT2D eigenvalue weighted by Gasteiger charge is 2.25. The van der Waals surface area contributed by atoms with E-state index in [1.54, 1.807) is 6.92 Å². The fourth-order valence-corrected chi connectivity index (χ4v) is 3.79. The summed E-state index contributed by atoms with van der Waals surface area (Å²) in [7, 11) is -3.77. The maximum absolute atomic E-state index is 12.7. The van der Waals surface area contributed by atoms with Crippen molar-refractivity contribution in [3.8, 4) is 0 Å². The Labute approximate surface area is 140 Å². The molecule has 0 radical (unpaired) electrons. The van der Waals surface area contributed by atoms with E-state index < -0.39 is 21.0 Å². The fraction of sp³-hybridized carbons (Fsp3) is 0.250. The average molecular weight is 349 g/mol. The predicted molar refractivity (Wildman–Crippen MR) is 90.9 cm³/mol. The van der Waals surface area contributed by atoms with Gasteiger partial charge in [-0.25, -0.2) is 8.42 Å². The smallest absolute Gasteiger partial charge is 0.269 e. The minimum atomic E-state index is -3.77. The van der Waals surface area contributed by atoms with Crippen molar-refractivity contribution in [2.45, 2.75) is 17.9 Å². The minimum Gasteiger partial charge on any atom is -0.323 e. The van der Waals surface area contributed by atoms with Crippen LogP contribution in [0.2, 0.25) is 0 Å². The van der Waals surface area contributed by atoms with Gasteiger partial charge < -0.3 is 5.73 Å². The summed E-state index contributed by atoms with van der Waals surface area (Å²) in [4.78, 5) is 10.1. The lowest BCUT2D eigenvalue weighted by atomic mass is 10.1. The summed E-state index contributed by atoms with van der Waals surface area (Å²) in [5, 5.41) is 10.7. The van der Waals surface area contributed by atoms with Crippen LogP contribution in [0.4, 0.5) is 5.69 Å². The van der Waals surface area contributed by atoms with Crippen molar-refractivity contribution in [2.75, 3.05) is 13.1 Å². The molecule has 0 aliphatic heterocycles. The van der Waals surface area contributed by atoms with E-state index in [1.165, 1.54) is 28.6 Å². The van der Waals surface area contributed by atoms with E-state index in [0.717, 1.165) is 5.56 Å². The SMILES string of the molecule is CCN(C[C@H](N)c1ccccc1)S(=O)(=O)c1ccc([N+](=O)[O-])cc1. The predicted octanol–water partition coefficient (Wildman–Crippen LogP) is 2.31. The third kappa shape index (κ3) is 3.97. The summed E-state index contributed by atoms with van der Waals surface area (Å²) in [6.07, 6.45) is 0. The number of nitro groups is 1. The maximum Gasteiger partial charge on any atom is 0.269 e. The summed E-state index contributed by atoms with van der Waals surface area (Å²) >= 11 is 0. The molecule has 128 valence electrons. The van der Waals surface area contributed by atoms with Crippen molar-refractivity contribution < 1.29 is 13.3 Å². The molecule has 0 aromatic heterocycles. The van der Waals surface area contributed by atoms with E-state index in [1.807, 2.05) is 30.3 Å². The number of likely N-dealkylation sites (N-methyl/N-ethyl adjacent to an activating group) is 1. The topological polar surface area (TPSA) is 107 Å². The molecule has 2 N–H and O–H groups in total. The van der Waals surface area contributed by atoms with E-state index in [-0.39, 0.29) is 23.7 Å². The Hall–Kier alpha value is -2.29. The lowest BCUT2D eigenvalue weighted by molar-refractivity contribution is -0.384. The first kappa shape index (κ1) is 18.1. The Morgan fingerprint density at radius 3 is 2.21 bits per heavy atom. The lowest BCUT2D eigenvalue weighted by Crippen LogP contribution is -2.37. The molecular formula is C16H19N3O4S. The second kappa shape index (κ2) is 7.52. The normalized spacial score (nSPS) is 13.0. The summed E-state index contributed by atoms with van der Waals surface area (Å²) in [6, 6.07) is 13.6. The molecular weight excluding hydrogens is 330 g/mol. The van der Waals surface area contributed by atoms with Gasteiger partial charge in [0.25, 0.3) is 5.69 Å². The number of hydrogen-bond acceptors (Lipinski definition) is 5. The Morgan fingerprint density at radius 1 is 1.12 bits per heavy atom. The van der Waals surface area contributed by atoms with Crippen LogP contribution >= 0.6 is 0 Å². The number of non-ortho nitro benzene ring substituents is 1. The highest BCUT2D eigenvalue weighted by Crippen LogP contribution is 2.21. The molecule has 1 atom stereocenters. The number of rotatable bonds is 7.